The van der Waals surface area contributed by atoms with Crippen molar-refractivity contribution < 1.29 is 9.53 Å². The summed E-state index contributed by atoms with van der Waals surface area (Å²) in [7, 11) is 1.99. The van der Waals surface area contributed by atoms with Crippen molar-refractivity contribution >= 4 is 39.3 Å². The number of aromatic nitrogens is 2. The van der Waals surface area contributed by atoms with Gasteiger partial charge in [-0.2, -0.15) is 0 Å². The van der Waals surface area contributed by atoms with Gasteiger partial charge in [0.05, 0.1) is 12.1 Å². The van der Waals surface area contributed by atoms with Crippen molar-refractivity contribution in [3.8, 4) is 0 Å². The first kappa shape index (κ1) is 24.8. The molecule has 6 nitrogen and oxygen atoms in total. The predicted octanol–water partition coefficient (Wildman–Crippen LogP) is 5.27. The number of carbonyl (C=O) groups is 1. The van der Waals surface area contributed by atoms with Crippen molar-refractivity contribution in [2.24, 2.45) is 13.0 Å². The van der Waals surface area contributed by atoms with Crippen LogP contribution in [0.5, 0.6) is 0 Å². The van der Waals surface area contributed by atoms with Gasteiger partial charge in [0, 0.05) is 67.8 Å². The minimum Gasteiger partial charge on any atom is -0.366 e. The zero-order chi connectivity index (χ0) is 25.2. The number of pyridine rings is 1. The maximum absolute atomic E-state index is 13.8. The molecular formula is C29H33ClN4O2. The van der Waals surface area contributed by atoms with Crippen molar-refractivity contribution in [1.82, 2.24) is 19.4 Å². The zero-order valence-electron chi connectivity index (χ0n) is 21.2. The molecule has 1 saturated heterocycles. The SMILES string of the molecule is CC(C)CN(Cc1cccc2cccnc12)C(=O)[C@H]1CN(Cc2c(Cl)n(C)c3ccccc23)CCO1. The van der Waals surface area contributed by atoms with Gasteiger partial charge >= 0.3 is 0 Å². The number of morpholine rings is 1. The Morgan fingerprint density at radius 1 is 1.17 bits per heavy atom. The van der Waals surface area contributed by atoms with Crippen LogP contribution in [0, 0.1) is 5.92 Å². The van der Waals surface area contributed by atoms with Crippen LogP contribution in [0.4, 0.5) is 0 Å². The van der Waals surface area contributed by atoms with E-state index in [0.717, 1.165) is 44.6 Å². The fourth-order valence-electron chi connectivity index (χ4n) is 5.19. The second-order valence-corrected chi connectivity index (χ2v) is 10.4. The van der Waals surface area contributed by atoms with E-state index in [1.54, 1.807) is 6.20 Å². The summed E-state index contributed by atoms with van der Waals surface area (Å²) in [6.07, 6.45) is 1.30. The molecule has 0 N–H and O–H groups in total. The van der Waals surface area contributed by atoms with Crippen molar-refractivity contribution in [2.45, 2.75) is 33.0 Å². The van der Waals surface area contributed by atoms with Crippen LogP contribution in [-0.2, 0) is 29.7 Å². The second-order valence-electron chi connectivity index (χ2n) is 10.0. The van der Waals surface area contributed by atoms with Crippen molar-refractivity contribution in [1.29, 1.82) is 0 Å². The third-order valence-electron chi connectivity index (χ3n) is 6.92. The van der Waals surface area contributed by atoms with Crippen molar-refractivity contribution in [3.05, 3.63) is 77.1 Å². The molecular weight excluding hydrogens is 472 g/mol. The highest BCUT2D eigenvalue weighted by Crippen LogP contribution is 2.30. The van der Waals surface area contributed by atoms with Crippen LogP contribution >= 0.6 is 11.6 Å². The molecule has 0 unspecified atom stereocenters. The molecule has 1 aliphatic rings. The van der Waals surface area contributed by atoms with Crippen LogP contribution in [0.2, 0.25) is 5.15 Å². The Kier molecular flexibility index (Phi) is 7.28. The largest absolute Gasteiger partial charge is 0.366 e. The van der Waals surface area contributed by atoms with E-state index in [1.807, 2.05) is 40.8 Å². The second kappa shape index (κ2) is 10.6. The van der Waals surface area contributed by atoms with Gasteiger partial charge in [0.25, 0.3) is 5.91 Å². The van der Waals surface area contributed by atoms with Gasteiger partial charge in [-0.25, -0.2) is 0 Å². The summed E-state index contributed by atoms with van der Waals surface area (Å²) < 4.78 is 8.06. The number of nitrogens with zero attached hydrogens (tertiary/aromatic N) is 4. The van der Waals surface area contributed by atoms with Gasteiger partial charge in [-0.1, -0.05) is 67.9 Å². The number of para-hydroxylation sites is 2. The molecule has 0 spiro atoms. The number of halogens is 1. The molecule has 4 aromatic rings. The van der Waals surface area contributed by atoms with Gasteiger partial charge in [0.1, 0.15) is 11.3 Å². The first-order valence-electron chi connectivity index (χ1n) is 12.6. The average molecular weight is 505 g/mol. The maximum Gasteiger partial charge on any atom is 0.253 e. The number of rotatable bonds is 7. The number of ether oxygens (including phenoxy) is 1. The normalized spacial score (nSPS) is 16.8. The number of carbonyl (C=O) groups excluding carboxylic acids is 1. The Labute approximate surface area is 217 Å². The lowest BCUT2D eigenvalue weighted by Gasteiger charge is -2.35. The van der Waals surface area contributed by atoms with Crippen LogP contribution in [-0.4, -0.2) is 57.6 Å². The minimum absolute atomic E-state index is 0.0327. The summed E-state index contributed by atoms with van der Waals surface area (Å²) in [5, 5.41) is 2.98. The molecule has 188 valence electrons. The molecule has 5 rings (SSSR count). The number of fused-ring (bicyclic) bond motifs is 2. The van der Waals surface area contributed by atoms with Gasteiger partial charge < -0.3 is 14.2 Å². The van der Waals surface area contributed by atoms with E-state index in [4.69, 9.17) is 16.3 Å². The molecule has 0 radical (unpaired) electrons. The van der Waals surface area contributed by atoms with Crippen LogP contribution in [0.25, 0.3) is 21.8 Å². The van der Waals surface area contributed by atoms with E-state index in [0.29, 0.717) is 38.7 Å². The van der Waals surface area contributed by atoms with E-state index in [-0.39, 0.29) is 5.91 Å². The lowest BCUT2D eigenvalue weighted by atomic mass is 10.1. The summed E-state index contributed by atoms with van der Waals surface area (Å²) >= 11 is 6.72. The molecule has 1 atom stereocenters. The molecule has 0 saturated carbocycles. The van der Waals surface area contributed by atoms with Crippen LogP contribution in [0.1, 0.15) is 25.0 Å². The van der Waals surface area contributed by atoms with E-state index in [2.05, 4.69) is 54.1 Å². The number of amides is 1. The molecule has 0 bridgehead atoms. The van der Waals surface area contributed by atoms with E-state index < -0.39 is 6.10 Å². The number of hydrogen-bond acceptors (Lipinski definition) is 4. The quantitative estimate of drug-likeness (QED) is 0.344. The molecule has 7 heteroatoms. The maximum atomic E-state index is 13.8. The number of hydrogen-bond donors (Lipinski definition) is 0. The standard InChI is InChI=1S/C29H33ClN4O2/c1-20(2)16-34(17-22-9-6-8-21-10-7-13-31-27(21)22)29(35)26-19-33(14-15-36-26)18-24-23-11-4-5-12-25(23)32(3)28(24)30/h4-13,20,26H,14-19H2,1-3H3/t26-/m1/s1. The summed E-state index contributed by atoms with van der Waals surface area (Å²) in [4.78, 5) is 22.6. The number of benzene rings is 2. The topological polar surface area (TPSA) is 50.6 Å². The summed E-state index contributed by atoms with van der Waals surface area (Å²) in [6.45, 7) is 7.96. The fourth-order valence-corrected chi connectivity index (χ4v) is 5.44. The van der Waals surface area contributed by atoms with Gasteiger partial charge in [0.2, 0.25) is 0 Å². The average Bonchev–Trinajstić information content (AvgIpc) is 3.13. The zero-order valence-corrected chi connectivity index (χ0v) is 21.9. The summed E-state index contributed by atoms with van der Waals surface area (Å²) in [5.41, 5.74) is 4.21. The Morgan fingerprint density at radius 3 is 2.81 bits per heavy atom. The Hall–Kier alpha value is -2.93. The Morgan fingerprint density at radius 2 is 1.97 bits per heavy atom. The molecule has 2 aromatic heterocycles. The van der Waals surface area contributed by atoms with Crippen molar-refractivity contribution in [3.63, 3.8) is 0 Å². The van der Waals surface area contributed by atoms with E-state index in [9.17, 15) is 4.79 Å². The number of aryl methyl sites for hydroxylation is 1. The fraction of sp³-hybridized carbons (Fsp3) is 0.379. The molecule has 1 aliphatic heterocycles. The Bertz CT molecular complexity index is 1380. The molecule has 1 amide bonds. The highest BCUT2D eigenvalue weighted by Gasteiger charge is 2.31. The smallest absolute Gasteiger partial charge is 0.253 e. The molecule has 1 fully saturated rings. The highest BCUT2D eigenvalue weighted by molar-refractivity contribution is 6.32. The van der Waals surface area contributed by atoms with Gasteiger partial charge in [-0.15, -0.1) is 0 Å². The Balaban J connectivity index is 1.35. The molecule has 3 heterocycles. The van der Waals surface area contributed by atoms with Crippen LogP contribution < -0.4 is 0 Å². The summed E-state index contributed by atoms with van der Waals surface area (Å²) in [5.74, 6) is 0.372. The third kappa shape index (κ3) is 4.99. The molecule has 2 aromatic carbocycles. The van der Waals surface area contributed by atoms with Gasteiger partial charge in [0.15, 0.2) is 0 Å². The molecule has 0 aliphatic carbocycles. The minimum atomic E-state index is -0.505. The lowest BCUT2D eigenvalue weighted by molar-refractivity contribution is -0.151. The van der Waals surface area contributed by atoms with E-state index >= 15 is 0 Å². The predicted molar refractivity (Wildman–Crippen MR) is 145 cm³/mol. The van der Waals surface area contributed by atoms with Gasteiger partial charge in [-0.05, 0) is 23.6 Å². The third-order valence-corrected chi connectivity index (χ3v) is 7.40. The molecule has 36 heavy (non-hydrogen) atoms. The monoisotopic (exact) mass is 504 g/mol. The lowest BCUT2D eigenvalue weighted by Crippen LogP contribution is -2.51. The van der Waals surface area contributed by atoms with Crippen molar-refractivity contribution in [2.75, 3.05) is 26.2 Å². The van der Waals surface area contributed by atoms with E-state index in [1.165, 1.54) is 0 Å². The van der Waals surface area contributed by atoms with Crippen LogP contribution in [0.15, 0.2) is 60.8 Å². The first-order chi connectivity index (χ1) is 17.4. The van der Waals surface area contributed by atoms with Gasteiger partial charge in [-0.3, -0.25) is 14.7 Å². The first-order valence-corrected chi connectivity index (χ1v) is 13.0. The summed E-state index contributed by atoms with van der Waals surface area (Å²) in [6, 6.07) is 18.4. The highest BCUT2D eigenvalue weighted by atomic mass is 35.5. The van der Waals surface area contributed by atoms with Crippen LogP contribution in [0.3, 0.4) is 0 Å².